The Kier molecular flexibility index (Phi) is 13.5. The van der Waals surface area contributed by atoms with Gasteiger partial charge in [-0.1, -0.05) is 26.2 Å². The average Bonchev–Trinajstić information content (AvgIpc) is 3.07. The molecule has 0 aromatic carbocycles. The van der Waals surface area contributed by atoms with Gasteiger partial charge < -0.3 is 20.1 Å². The largest absolute Gasteiger partial charge is 3.00 e. The second kappa shape index (κ2) is 13.7. The molecule has 9 heteroatoms. The molecule has 3 amide bonds. The Morgan fingerprint density at radius 1 is 1.32 bits per heavy atom. The van der Waals surface area contributed by atoms with Crippen molar-refractivity contribution in [2.24, 2.45) is 5.92 Å². The first-order valence-corrected chi connectivity index (χ1v) is 8.51. The molecule has 1 aliphatic heterocycles. The molecule has 1 fully saturated rings. The molecule has 4 N–H and O–H groups in total. The number of aliphatic hydroxyl groups excluding tert-OH is 1. The zero-order chi connectivity index (χ0) is 17.9. The number of likely N-dealkylation sites (tertiary alicyclic amines) is 1. The molecule has 1 saturated heterocycles. The topological polar surface area (TPSA) is 119 Å². The number of hydrogen-bond donors (Lipinski definition) is 4. The molecule has 0 radical (unpaired) electrons. The van der Waals surface area contributed by atoms with Crippen LogP contribution < -0.4 is 10.8 Å². The van der Waals surface area contributed by atoms with Crippen LogP contribution in [0.5, 0.6) is 0 Å². The first kappa shape index (κ1) is 24.6. The summed E-state index contributed by atoms with van der Waals surface area (Å²) in [4.78, 5) is 37.2. The number of amides is 3. The quantitative estimate of drug-likeness (QED) is 0.155. The number of rotatable bonds is 10. The van der Waals surface area contributed by atoms with Crippen molar-refractivity contribution in [2.45, 2.75) is 57.9 Å². The molecule has 1 rings (SSSR count). The van der Waals surface area contributed by atoms with Crippen molar-refractivity contribution < 1.29 is 66.0 Å². The van der Waals surface area contributed by atoms with E-state index < -0.39 is 17.7 Å². The first-order valence-electron chi connectivity index (χ1n) is 8.51. The van der Waals surface area contributed by atoms with Crippen molar-refractivity contribution in [1.82, 2.24) is 15.7 Å². The first-order chi connectivity index (χ1) is 11.5. The smallest absolute Gasteiger partial charge is 0.481 e. The van der Waals surface area contributed by atoms with Crippen molar-refractivity contribution in [2.75, 3.05) is 13.2 Å². The van der Waals surface area contributed by atoms with E-state index in [1.807, 2.05) is 6.92 Å². The minimum atomic E-state index is -0.627. The Morgan fingerprint density at radius 3 is 2.64 bits per heavy atom. The Morgan fingerprint density at radius 2 is 2.04 bits per heavy atom. The molecule has 2 unspecified atom stereocenters. The molecule has 2 atom stereocenters. The maximum absolute atomic E-state index is 12.2. The van der Waals surface area contributed by atoms with Gasteiger partial charge in [-0.3, -0.25) is 14.8 Å². The number of nitrogens with one attached hydrogen (secondary N) is 2. The summed E-state index contributed by atoms with van der Waals surface area (Å²) in [5, 5.41) is 20.3. The molecule has 1 aliphatic rings. The summed E-state index contributed by atoms with van der Waals surface area (Å²) in [6, 6.07) is -0.203. The molecule has 25 heavy (non-hydrogen) atoms. The number of nitrogens with zero attached hydrogens (tertiary/aromatic N) is 1. The van der Waals surface area contributed by atoms with Gasteiger partial charge in [0.05, 0.1) is 12.6 Å². The number of aliphatic hydroxyl groups is 1. The standard InChI is InChI=1S/C16H28N3O5.Pr/c1-2-3-4-6-12(9-14(21)18-24)16(23)17-10-15(22)19-8-5-7-13(19)11-20;/h10,12-13,20,24H,2-9,11H2,1H3,(H,17,23)(H,18,21);/q-1;+3. The van der Waals surface area contributed by atoms with E-state index >= 15 is 0 Å². The van der Waals surface area contributed by atoms with Crippen LogP contribution in [0.4, 0.5) is 0 Å². The summed E-state index contributed by atoms with van der Waals surface area (Å²) in [6.07, 6.45) is 4.69. The van der Waals surface area contributed by atoms with Gasteiger partial charge in [-0.2, -0.15) is 0 Å². The Bertz CT molecular complexity index is 436. The maximum atomic E-state index is 12.2. The zero-order valence-corrected chi connectivity index (χ0v) is 18.4. The van der Waals surface area contributed by atoms with Gasteiger partial charge in [0.15, 0.2) is 5.91 Å². The molecule has 0 bridgehead atoms. The third-order valence-electron chi connectivity index (χ3n) is 4.29. The van der Waals surface area contributed by atoms with Crippen LogP contribution in [0.2, 0.25) is 0 Å². The van der Waals surface area contributed by atoms with Crippen LogP contribution in [0.3, 0.4) is 0 Å². The predicted octanol–water partition coefficient (Wildman–Crippen LogP) is 0.340. The minimum absolute atomic E-state index is 0. The number of unbranched alkanes of at least 4 members (excludes halogenated alkanes) is 2. The minimum Gasteiger partial charge on any atom is -0.481 e. The van der Waals surface area contributed by atoms with Gasteiger partial charge >= 0.3 is 41.3 Å². The van der Waals surface area contributed by atoms with Gasteiger partial charge in [-0.25, -0.2) is 12.0 Å². The van der Waals surface area contributed by atoms with E-state index in [2.05, 4.69) is 5.32 Å². The van der Waals surface area contributed by atoms with E-state index in [0.717, 1.165) is 38.6 Å². The van der Waals surface area contributed by atoms with Crippen molar-refractivity contribution in [3.63, 3.8) is 0 Å². The van der Waals surface area contributed by atoms with Gasteiger partial charge in [-0.05, 0) is 19.3 Å². The van der Waals surface area contributed by atoms with E-state index in [0.29, 0.717) is 13.0 Å². The third kappa shape index (κ3) is 8.66. The second-order valence-electron chi connectivity index (χ2n) is 6.09. The van der Waals surface area contributed by atoms with Gasteiger partial charge in [0.25, 0.3) is 0 Å². The van der Waals surface area contributed by atoms with Gasteiger partial charge in [0, 0.05) is 18.9 Å². The predicted molar refractivity (Wildman–Crippen MR) is 86.4 cm³/mol. The van der Waals surface area contributed by atoms with E-state index in [9.17, 15) is 19.5 Å². The molecule has 138 valence electrons. The number of carbonyl (C=O) groups excluding carboxylic acids is 3. The van der Waals surface area contributed by atoms with Gasteiger partial charge in [0.2, 0.25) is 5.91 Å². The molecule has 0 aromatic heterocycles. The van der Waals surface area contributed by atoms with E-state index in [4.69, 9.17) is 5.21 Å². The van der Waals surface area contributed by atoms with Crippen LogP contribution in [0.15, 0.2) is 0 Å². The summed E-state index contributed by atoms with van der Waals surface area (Å²) < 4.78 is 0. The molecule has 8 nitrogen and oxygen atoms in total. The normalized spacial score (nSPS) is 17.4. The monoisotopic (exact) mass is 483 g/mol. The SMILES string of the molecule is CCCCCC(CC(=O)NO)C(=O)N[CH-]C(=O)N1CCCC1CO.[Pr+3]. The number of hydrogen-bond acceptors (Lipinski definition) is 5. The summed E-state index contributed by atoms with van der Waals surface area (Å²) >= 11 is 0. The zero-order valence-electron chi connectivity index (χ0n) is 14.7. The Hall–Kier alpha value is -0.436. The molecule has 0 saturated carbocycles. The average molecular weight is 483 g/mol. The molecule has 1 heterocycles. The second-order valence-corrected chi connectivity index (χ2v) is 6.09. The fourth-order valence-corrected chi connectivity index (χ4v) is 2.89. The number of carbonyl (C=O) groups is 3. The summed E-state index contributed by atoms with van der Waals surface area (Å²) in [5.41, 5.74) is 1.53. The molecule has 0 spiro atoms. The van der Waals surface area contributed by atoms with Crippen LogP contribution in [-0.2, 0) is 14.4 Å². The van der Waals surface area contributed by atoms with Crippen LogP contribution in [0, 0.1) is 53.8 Å². The fourth-order valence-electron chi connectivity index (χ4n) is 2.89. The molecule has 0 aromatic rings. The molecule has 0 aliphatic carbocycles. The van der Waals surface area contributed by atoms with Crippen molar-refractivity contribution in [3.05, 3.63) is 6.54 Å². The molecular formula is C16H28N3O5Pr+2. The van der Waals surface area contributed by atoms with Crippen molar-refractivity contribution >= 4 is 17.7 Å². The maximum Gasteiger partial charge on any atom is 3.00 e. The van der Waals surface area contributed by atoms with E-state index in [1.54, 1.807) is 0 Å². The van der Waals surface area contributed by atoms with Gasteiger partial charge in [0.1, 0.15) is 5.91 Å². The van der Waals surface area contributed by atoms with Crippen molar-refractivity contribution in [3.8, 4) is 0 Å². The Balaban J connectivity index is 0.00000576. The fraction of sp³-hybridized carbons (Fsp3) is 0.750. The van der Waals surface area contributed by atoms with E-state index in [1.165, 1.54) is 10.4 Å². The Labute approximate surface area is 182 Å². The van der Waals surface area contributed by atoms with Gasteiger partial charge in [-0.15, -0.1) is 0 Å². The van der Waals surface area contributed by atoms with Crippen LogP contribution in [0.1, 0.15) is 51.9 Å². The summed E-state index contributed by atoms with van der Waals surface area (Å²) in [5.74, 6) is -1.99. The summed E-state index contributed by atoms with van der Waals surface area (Å²) in [7, 11) is 0. The molecular weight excluding hydrogens is 455 g/mol. The third-order valence-corrected chi connectivity index (χ3v) is 4.29. The van der Waals surface area contributed by atoms with Crippen LogP contribution in [-0.4, -0.2) is 52.1 Å². The van der Waals surface area contributed by atoms with Crippen LogP contribution >= 0.6 is 0 Å². The van der Waals surface area contributed by atoms with E-state index in [-0.39, 0.29) is 66.3 Å². The van der Waals surface area contributed by atoms with Crippen molar-refractivity contribution in [1.29, 1.82) is 0 Å². The van der Waals surface area contributed by atoms with Crippen LogP contribution in [0.25, 0.3) is 0 Å². The number of hydroxylamine groups is 1. The summed E-state index contributed by atoms with van der Waals surface area (Å²) in [6.45, 7) is 3.60.